The highest BCUT2D eigenvalue weighted by Crippen LogP contribution is 2.33. The number of hydrogen-bond acceptors (Lipinski definition) is 7. The first-order valence-corrected chi connectivity index (χ1v) is 12.2. The third-order valence-corrected chi connectivity index (χ3v) is 6.97. The number of benzene rings is 1. The van der Waals surface area contributed by atoms with Gasteiger partial charge < -0.3 is 19.9 Å². The lowest BCUT2D eigenvalue weighted by Crippen LogP contribution is -2.42. The predicted octanol–water partition coefficient (Wildman–Crippen LogP) is 3.33. The lowest BCUT2D eigenvalue weighted by atomic mass is 10.0. The molecule has 2 aromatic rings. The van der Waals surface area contributed by atoms with Crippen molar-refractivity contribution in [3.05, 3.63) is 35.0 Å². The Bertz CT molecular complexity index is 1010. The van der Waals surface area contributed by atoms with Crippen LogP contribution in [-0.4, -0.2) is 73.3 Å². The summed E-state index contributed by atoms with van der Waals surface area (Å²) < 4.78 is 5.42. The number of aromatic nitrogens is 2. The zero-order chi connectivity index (χ0) is 22.8. The van der Waals surface area contributed by atoms with E-state index in [1.54, 1.807) is 6.20 Å². The van der Waals surface area contributed by atoms with E-state index in [0.717, 1.165) is 69.3 Å². The van der Waals surface area contributed by atoms with Crippen LogP contribution in [0, 0.1) is 5.92 Å². The molecule has 33 heavy (non-hydrogen) atoms. The number of fused-ring (bicyclic) bond motifs is 1. The minimum absolute atomic E-state index is 0.150. The van der Waals surface area contributed by atoms with Crippen molar-refractivity contribution >= 4 is 40.6 Å². The van der Waals surface area contributed by atoms with E-state index in [1.807, 2.05) is 23.1 Å². The maximum atomic E-state index is 12.7. The normalized spacial score (nSPS) is 21.4. The van der Waals surface area contributed by atoms with Gasteiger partial charge >= 0.3 is 0 Å². The number of nitrogens with one attached hydrogen (secondary N) is 1. The van der Waals surface area contributed by atoms with Crippen molar-refractivity contribution in [2.75, 3.05) is 67.6 Å². The topological polar surface area (TPSA) is 73.8 Å². The molecule has 1 aromatic heterocycles. The molecule has 2 saturated heterocycles. The number of hydrogen-bond donors (Lipinski definition) is 1. The molecule has 3 aliphatic rings. The first kappa shape index (κ1) is 22.4. The highest BCUT2D eigenvalue weighted by Gasteiger charge is 2.28. The molecule has 1 N–H and O–H groups in total. The van der Waals surface area contributed by atoms with Gasteiger partial charge in [-0.05, 0) is 42.5 Å². The number of rotatable bonds is 6. The van der Waals surface area contributed by atoms with Crippen molar-refractivity contribution in [2.24, 2.45) is 5.92 Å². The molecule has 0 aliphatic carbocycles. The third kappa shape index (κ3) is 5.08. The van der Waals surface area contributed by atoms with E-state index in [1.165, 1.54) is 6.42 Å². The van der Waals surface area contributed by atoms with Crippen molar-refractivity contribution in [1.29, 1.82) is 0 Å². The number of halogens is 1. The number of amides is 1. The van der Waals surface area contributed by atoms with Crippen molar-refractivity contribution in [2.45, 2.75) is 26.2 Å². The van der Waals surface area contributed by atoms with Gasteiger partial charge in [0.2, 0.25) is 11.9 Å². The van der Waals surface area contributed by atoms with Gasteiger partial charge in [-0.3, -0.25) is 9.69 Å². The molecule has 176 valence electrons. The van der Waals surface area contributed by atoms with Crippen molar-refractivity contribution in [3.63, 3.8) is 0 Å². The number of carbonyl (C=O) groups excluding carboxylic acids is 1. The van der Waals surface area contributed by atoms with E-state index in [4.69, 9.17) is 21.3 Å². The summed E-state index contributed by atoms with van der Waals surface area (Å²) in [4.78, 5) is 28.3. The number of anilines is 4. The van der Waals surface area contributed by atoms with E-state index < -0.39 is 0 Å². The summed E-state index contributed by atoms with van der Waals surface area (Å²) in [6.45, 7) is 9.14. The van der Waals surface area contributed by atoms with Crippen LogP contribution in [0.25, 0.3) is 0 Å². The summed E-state index contributed by atoms with van der Waals surface area (Å²) in [6, 6.07) is 6.04. The van der Waals surface area contributed by atoms with Crippen LogP contribution in [0.2, 0.25) is 5.02 Å². The Balaban J connectivity index is 1.28. The van der Waals surface area contributed by atoms with Gasteiger partial charge in [0, 0.05) is 50.6 Å². The van der Waals surface area contributed by atoms with Gasteiger partial charge in [0.25, 0.3) is 0 Å². The van der Waals surface area contributed by atoms with Gasteiger partial charge in [-0.2, -0.15) is 4.98 Å². The predicted molar refractivity (Wildman–Crippen MR) is 131 cm³/mol. The molecule has 1 atom stereocenters. The molecule has 3 aliphatic heterocycles. The Hall–Kier alpha value is -2.42. The maximum absolute atomic E-state index is 12.7. The summed E-state index contributed by atoms with van der Waals surface area (Å²) in [5.41, 5.74) is 2.90. The second-order valence-electron chi connectivity index (χ2n) is 9.20. The first-order chi connectivity index (χ1) is 16.1. The average Bonchev–Trinajstić information content (AvgIpc) is 3.14. The number of nitrogens with zero attached hydrogens (tertiary/aromatic N) is 5. The van der Waals surface area contributed by atoms with E-state index in [-0.39, 0.29) is 5.91 Å². The summed E-state index contributed by atoms with van der Waals surface area (Å²) >= 11 is 6.41. The molecule has 1 amide bonds. The monoisotopic (exact) mass is 470 g/mol. The van der Waals surface area contributed by atoms with Crippen LogP contribution in [0.15, 0.2) is 24.4 Å². The van der Waals surface area contributed by atoms with Crippen LogP contribution in [0.5, 0.6) is 0 Å². The molecule has 4 heterocycles. The Labute approximate surface area is 199 Å². The molecule has 0 saturated carbocycles. The molecule has 0 bridgehead atoms. The van der Waals surface area contributed by atoms with Gasteiger partial charge in [0.15, 0.2) is 5.82 Å². The van der Waals surface area contributed by atoms with Gasteiger partial charge in [-0.25, -0.2) is 4.98 Å². The summed E-state index contributed by atoms with van der Waals surface area (Å²) in [6.07, 6.45) is 4.47. The zero-order valence-electron chi connectivity index (χ0n) is 19.1. The largest absolute Gasteiger partial charge is 0.379 e. The minimum Gasteiger partial charge on any atom is -0.379 e. The molecular formula is C24H31ClN6O2. The fraction of sp³-hybridized carbons (Fsp3) is 0.542. The zero-order valence-corrected chi connectivity index (χ0v) is 19.9. The number of morpholine rings is 1. The summed E-state index contributed by atoms with van der Waals surface area (Å²) in [7, 11) is 0. The molecule has 0 spiro atoms. The second-order valence-corrected chi connectivity index (χ2v) is 9.61. The SMILES string of the molecule is CC1CCCN(c2ncc(Cl)c(Nc3ccc4c(c3)CC(=O)N4CCN3CCOCC3)n2)C1. The van der Waals surface area contributed by atoms with Crippen LogP contribution < -0.4 is 15.1 Å². The van der Waals surface area contributed by atoms with E-state index in [2.05, 4.69) is 27.0 Å². The Morgan fingerprint density at radius 3 is 2.88 bits per heavy atom. The van der Waals surface area contributed by atoms with Gasteiger partial charge in [0.1, 0.15) is 5.02 Å². The van der Waals surface area contributed by atoms with E-state index >= 15 is 0 Å². The first-order valence-electron chi connectivity index (χ1n) is 11.8. The Kier molecular flexibility index (Phi) is 6.66. The van der Waals surface area contributed by atoms with Gasteiger partial charge in [-0.15, -0.1) is 0 Å². The van der Waals surface area contributed by atoms with E-state index in [9.17, 15) is 4.79 Å². The van der Waals surface area contributed by atoms with Gasteiger partial charge in [-0.1, -0.05) is 18.5 Å². The smallest absolute Gasteiger partial charge is 0.231 e. The van der Waals surface area contributed by atoms with Crippen LogP contribution in [0.4, 0.5) is 23.1 Å². The maximum Gasteiger partial charge on any atom is 0.231 e. The third-order valence-electron chi connectivity index (χ3n) is 6.69. The lowest BCUT2D eigenvalue weighted by Gasteiger charge is -2.31. The van der Waals surface area contributed by atoms with Gasteiger partial charge in [0.05, 0.1) is 25.8 Å². The minimum atomic E-state index is 0.150. The summed E-state index contributed by atoms with van der Waals surface area (Å²) in [5, 5.41) is 3.82. The van der Waals surface area contributed by atoms with E-state index in [0.29, 0.717) is 35.7 Å². The summed E-state index contributed by atoms with van der Waals surface area (Å²) in [5.74, 6) is 2.08. The van der Waals surface area contributed by atoms with Crippen LogP contribution in [0.1, 0.15) is 25.3 Å². The molecular weight excluding hydrogens is 440 g/mol. The van der Waals surface area contributed by atoms with Crippen LogP contribution in [0.3, 0.4) is 0 Å². The Morgan fingerprint density at radius 2 is 2.06 bits per heavy atom. The Morgan fingerprint density at radius 1 is 1.21 bits per heavy atom. The molecule has 9 heteroatoms. The van der Waals surface area contributed by atoms with Crippen LogP contribution in [-0.2, 0) is 16.0 Å². The molecule has 8 nitrogen and oxygen atoms in total. The molecule has 2 fully saturated rings. The van der Waals surface area contributed by atoms with Crippen molar-refractivity contribution < 1.29 is 9.53 Å². The number of ether oxygens (including phenoxy) is 1. The molecule has 1 aromatic carbocycles. The van der Waals surface area contributed by atoms with Crippen molar-refractivity contribution in [3.8, 4) is 0 Å². The highest BCUT2D eigenvalue weighted by molar-refractivity contribution is 6.32. The fourth-order valence-corrected chi connectivity index (χ4v) is 5.02. The second kappa shape index (κ2) is 9.83. The molecule has 5 rings (SSSR count). The highest BCUT2D eigenvalue weighted by atomic mass is 35.5. The standard InChI is InChI=1S/C24H31ClN6O2/c1-17-3-2-6-30(16-17)24-26-15-20(25)23(28-24)27-19-4-5-21-18(13-19)14-22(32)31(21)8-7-29-9-11-33-12-10-29/h4-5,13,15,17H,2-3,6-12,14,16H2,1H3,(H,26,27,28). The van der Waals surface area contributed by atoms with Crippen LogP contribution >= 0.6 is 11.6 Å². The fourth-order valence-electron chi connectivity index (χ4n) is 4.88. The number of carbonyl (C=O) groups is 1. The molecule has 0 radical (unpaired) electrons. The molecule has 1 unspecified atom stereocenters. The number of piperidine rings is 1. The quantitative estimate of drug-likeness (QED) is 0.694. The van der Waals surface area contributed by atoms with Crippen molar-refractivity contribution in [1.82, 2.24) is 14.9 Å². The average molecular weight is 471 g/mol. The lowest BCUT2D eigenvalue weighted by molar-refractivity contribution is -0.117.